The summed E-state index contributed by atoms with van der Waals surface area (Å²) in [6, 6.07) is 7.57. The van der Waals surface area contributed by atoms with Crippen LogP contribution in [0.5, 0.6) is 5.75 Å². The second-order valence-electron chi connectivity index (χ2n) is 8.44. The molecule has 1 N–H and O–H groups in total. The fourth-order valence-electron chi connectivity index (χ4n) is 4.41. The largest absolute Gasteiger partial charge is 0.489 e. The van der Waals surface area contributed by atoms with Crippen molar-refractivity contribution in [3.8, 4) is 16.9 Å². The van der Waals surface area contributed by atoms with Crippen LogP contribution in [0.3, 0.4) is 0 Å². The number of carbonyl (C=O) groups excluding carboxylic acids is 2. The number of nitrogens with zero attached hydrogens (tertiary/aromatic N) is 2. The molecule has 0 bridgehead atoms. The molecule has 2 aliphatic heterocycles. The number of nitrogens with one attached hydrogen (secondary N) is 1. The number of piperidine rings is 1. The molecule has 6 nitrogen and oxygen atoms in total. The molecule has 0 saturated carbocycles. The molecule has 1 aromatic carbocycles. The standard InChI is InChI=1S/C24H23ClFN3O3S/c1-13-8-14(25)9-18(22(13)32-15-2-5-27-6-3-15)17-4-7-28-20-10-16(33-23(17)20)12-29-21(30)11-19(26)24(29)31/h4,7-10,15,19,27H,2-3,5-6,11-12H2,1H3/t19-/m1/s1. The van der Waals surface area contributed by atoms with E-state index in [1.54, 1.807) is 6.20 Å². The van der Waals surface area contributed by atoms with E-state index in [1.807, 2.05) is 31.2 Å². The Morgan fingerprint density at radius 1 is 1.24 bits per heavy atom. The smallest absolute Gasteiger partial charge is 0.264 e. The summed E-state index contributed by atoms with van der Waals surface area (Å²) in [5.74, 6) is -0.450. The summed E-state index contributed by atoms with van der Waals surface area (Å²) in [7, 11) is 0. The van der Waals surface area contributed by atoms with Gasteiger partial charge in [-0.05, 0) is 62.7 Å². The highest BCUT2D eigenvalue weighted by Gasteiger charge is 2.38. The fourth-order valence-corrected chi connectivity index (χ4v) is 5.81. The predicted octanol–water partition coefficient (Wildman–Crippen LogP) is 4.65. The molecule has 0 aliphatic carbocycles. The molecule has 2 aliphatic rings. The van der Waals surface area contributed by atoms with E-state index in [0.717, 1.165) is 68.4 Å². The van der Waals surface area contributed by atoms with Gasteiger partial charge in [-0.3, -0.25) is 19.5 Å². The lowest BCUT2D eigenvalue weighted by Crippen LogP contribution is -2.34. The maximum atomic E-state index is 13.7. The lowest BCUT2D eigenvalue weighted by atomic mass is 10.0. The quantitative estimate of drug-likeness (QED) is 0.530. The first-order chi connectivity index (χ1) is 15.9. The van der Waals surface area contributed by atoms with Crippen molar-refractivity contribution in [1.82, 2.24) is 15.2 Å². The number of benzene rings is 1. The molecule has 3 aromatic rings. The number of hydrogen-bond acceptors (Lipinski definition) is 6. The Bertz CT molecular complexity index is 1240. The number of aromatic nitrogens is 1. The number of carbonyl (C=O) groups is 2. The molecular formula is C24H23ClFN3O3S. The van der Waals surface area contributed by atoms with Gasteiger partial charge in [-0.15, -0.1) is 11.3 Å². The van der Waals surface area contributed by atoms with Crippen LogP contribution >= 0.6 is 22.9 Å². The van der Waals surface area contributed by atoms with Crippen molar-refractivity contribution in [3.63, 3.8) is 0 Å². The Morgan fingerprint density at radius 2 is 2.03 bits per heavy atom. The number of ether oxygens (including phenoxy) is 1. The maximum absolute atomic E-state index is 13.7. The highest BCUT2D eigenvalue weighted by Crippen LogP contribution is 2.42. The zero-order chi connectivity index (χ0) is 23.1. The number of hydrogen-bond donors (Lipinski definition) is 1. The molecule has 2 aromatic heterocycles. The minimum atomic E-state index is -1.75. The number of imide groups is 1. The highest BCUT2D eigenvalue weighted by molar-refractivity contribution is 7.19. The van der Waals surface area contributed by atoms with Crippen molar-refractivity contribution in [2.75, 3.05) is 13.1 Å². The van der Waals surface area contributed by atoms with Gasteiger partial charge < -0.3 is 10.1 Å². The first-order valence-corrected chi connectivity index (χ1v) is 12.1. The van der Waals surface area contributed by atoms with Crippen molar-refractivity contribution >= 4 is 45.0 Å². The molecule has 4 heterocycles. The topological polar surface area (TPSA) is 71.5 Å². The Kier molecular flexibility index (Phi) is 6.07. The lowest BCUT2D eigenvalue weighted by Gasteiger charge is -2.26. The number of amides is 2. The molecule has 0 unspecified atom stereocenters. The normalized spacial score (nSPS) is 19.6. The highest BCUT2D eigenvalue weighted by atomic mass is 35.5. The summed E-state index contributed by atoms with van der Waals surface area (Å²) in [4.78, 5) is 30.3. The van der Waals surface area contributed by atoms with Gasteiger partial charge in [-0.1, -0.05) is 11.6 Å². The molecule has 9 heteroatoms. The second kappa shape index (κ2) is 9.00. The van der Waals surface area contributed by atoms with Gasteiger partial charge in [0, 0.05) is 27.2 Å². The van der Waals surface area contributed by atoms with Crippen molar-refractivity contribution < 1.29 is 18.7 Å². The first kappa shape index (κ1) is 22.3. The lowest BCUT2D eigenvalue weighted by molar-refractivity contribution is -0.140. The van der Waals surface area contributed by atoms with Gasteiger partial charge in [0.2, 0.25) is 5.91 Å². The van der Waals surface area contributed by atoms with Crippen molar-refractivity contribution in [2.45, 2.75) is 45.0 Å². The summed E-state index contributed by atoms with van der Waals surface area (Å²) in [6.07, 6.45) is 1.59. The minimum absolute atomic E-state index is 0.0472. The summed E-state index contributed by atoms with van der Waals surface area (Å²) in [6.45, 7) is 3.88. The van der Waals surface area contributed by atoms with Crippen LogP contribution < -0.4 is 10.1 Å². The first-order valence-electron chi connectivity index (χ1n) is 10.9. The molecule has 2 fully saturated rings. The predicted molar refractivity (Wildman–Crippen MR) is 126 cm³/mol. The average molecular weight is 488 g/mol. The number of rotatable bonds is 5. The van der Waals surface area contributed by atoms with Crippen LogP contribution in [0.2, 0.25) is 5.02 Å². The van der Waals surface area contributed by atoms with Crippen LogP contribution in [0.25, 0.3) is 21.3 Å². The third-order valence-electron chi connectivity index (χ3n) is 6.07. The monoisotopic (exact) mass is 487 g/mol. The van der Waals surface area contributed by atoms with Crippen LogP contribution in [0.15, 0.2) is 30.5 Å². The summed E-state index contributed by atoms with van der Waals surface area (Å²) >= 11 is 7.87. The van der Waals surface area contributed by atoms with Crippen molar-refractivity contribution in [2.24, 2.45) is 0 Å². The number of likely N-dealkylation sites (tertiary alicyclic amines) is 1. The van der Waals surface area contributed by atoms with Crippen LogP contribution in [-0.2, 0) is 16.1 Å². The maximum Gasteiger partial charge on any atom is 0.264 e. The Labute approximate surface area is 199 Å². The van der Waals surface area contributed by atoms with E-state index in [1.165, 1.54) is 11.3 Å². The molecule has 2 saturated heterocycles. The third kappa shape index (κ3) is 4.35. The van der Waals surface area contributed by atoms with Gasteiger partial charge in [0.15, 0.2) is 6.17 Å². The molecule has 2 amide bonds. The molecule has 172 valence electrons. The van der Waals surface area contributed by atoms with Gasteiger partial charge in [0.1, 0.15) is 11.9 Å². The second-order valence-corrected chi connectivity index (χ2v) is 10.0. The summed E-state index contributed by atoms with van der Waals surface area (Å²) < 4.78 is 21.1. The summed E-state index contributed by atoms with van der Waals surface area (Å²) in [5, 5.41) is 3.97. The van der Waals surface area contributed by atoms with E-state index in [2.05, 4.69) is 10.3 Å². The van der Waals surface area contributed by atoms with Gasteiger partial charge in [0.05, 0.1) is 23.2 Å². The van der Waals surface area contributed by atoms with Crippen LogP contribution in [0.4, 0.5) is 4.39 Å². The van der Waals surface area contributed by atoms with Gasteiger partial charge >= 0.3 is 0 Å². The van der Waals surface area contributed by atoms with Crippen LogP contribution in [0, 0.1) is 6.92 Å². The van der Waals surface area contributed by atoms with Crippen LogP contribution in [0.1, 0.15) is 29.7 Å². The van der Waals surface area contributed by atoms with Crippen molar-refractivity contribution in [1.29, 1.82) is 0 Å². The van der Waals surface area contributed by atoms with Crippen LogP contribution in [-0.4, -0.2) is 47.1 Å². The molecule has 0 spiro atoms. The number of halogens is 2. The van der Waals surface area contributed by atoms with E-state index < -0.39 is 18.0 Å². The molecule has 0 radical (unpaired) electrons. The molecule has 5 rings (SSSR count). The number of alkyl halides is 1. The van der Waals surface area contributed by atoms with E-state index in [9.17, 15) is 14.0 Å². The van der Waals surface area contributed by atoms with E-state index in [-0.39, 0.29) is 19.1 Å². The van der Waals surface area contributed by atoms with Crippen molar-refractivity contribution in [3.05, 3.63) is 45.9 Å². The number of fused-ring (bicyclic) bond motifs is 1. The molecule has 1 atom stereocenters. The Balaban J connectivity index is 1.54. The van der Waals surface area contributed by atoms with Gasteiger partial charge in [-0.25, -0.2) is 4.39 Å². The van der Waals surface area contributed by atoms with E-state index in [4.69, 9.17) is 16.3 Å². The number of pyridine rings is 1. The zero-order valence-corrected chi connectivity index (χ0v) is 19.6. The fraction of sp³-hybridized carbons (Fsp3) is 0.375. The Hall–Kier alpha value is -2.55. The number of aryl methyl sites for hydroxylation is 1. The summed E-state index contributed by atoms with van der Waals surface area (Å²) in [5.41, 5.74) is 3.51. The minimum Gasteiger partial charge on any atom is -0.489 e. The van der Waals surface area contributed by atoms with Gasteiger partial charge in [-0.2, -0.15) is 0 Å². The van der Waals surface area contributed by atoms with E-state index >= 15 is 0 Å². The van der Waals surface area contributed by atoms with Gasteiger partial charge in [0.25, 0.3) is 5.91 Å². The number of thiophene rings is 1. The zero-order valence-electron chi connectivity index (χ0n) is 18.1. The molecule has 33 heavy (non-hydrogen) atoms. The Morgan fingerprint density at radius 3 is 2.76 bits per heavy atom. The SMILES string of the molecule is Cc1cc(Cl)cc(-c2ccnc3cc(CN4C(=O)C[C@@H](F)C4=O)sc23)c1OC1CCNCC1. The average Bonchev–Trinajstić information content (AvgIpc) is 3.31. The molecular weight excluding hydrogens is 465 g/mol. The van der Waals surface area contributed by atoms with E-state index in [0.29, 0.717) is 5.02 Å². The third-order valence-corrected chi connectivity index (χ3v) is 7.43.